The molecule has 0 N–H and O–H groups in total. The van der Waals surface area contributed by atoms with Gasteiger partial charge in [0.2, 0.25) is 10.0 Å². The van der Waals surface area contributed by atoms with Crippen molar-refractivity contribution in [3.63, 3.8) is 0 Å². The summed E-state index contributed by atoms with van der Waals surface area (Å²) in [5, 5.41) is 0. The molecule has 28 heavy (non-hydrogen) atoms. The van der Waals surface area contributed by atoms with Crippen molar-refractivity contribution in [2.24, 2.45) is 0 Å². The molecule has 1 aromatic heterocycles. The Labute approximate surface area is 167 Å². The summed E-state index contributed by atoms with van der Waals surface area (Å²) in [4.78, 5) is 9.24. The number of hydrogen-bond acceptors (Lipinski definition) is 5. The summed E-state index contributed by atoms with van der Waals surface area (Å²) >= 11 is 0. The van der Waals surface area contributed by atoms with Gasteiger partial charge in [-0.1, -0.05) is 18.2 Å². The van der Waals surface area contributed by atoms with Gasteiger partial charge in [-0.25, -0.2) is 13.4 Å². The number of para-hydroxylation sites is 1. The molecule has 7 heteroatoms. The molecule has 2 aliphatic rings. The fourth-order valence-corrected chi connectivity index (χ4v) is 5.54. The van der Waals surface area contributed by atoms with Gasteiger partial charge in [0.25, 0.3) is 0 Å². The Hall–Kier alpha value is -2.12. The first-order chi connectivity index (χ1) is 13.6. The standard InChI is InChI=1S/C21H28N4O2S/c1-23(17-18-8-2-3-9-20(18)24-12-4-5-13-24)21-11-10-19(16-22-21)28(26,27)25-14-6-7-15-25/h2-3,8-11,16H,4-7,12-15,17H2,1H3. The monoisotopic (exact) mass is 400 g/mol. The third-order valence-electron chi connectivity index (χ3n) is 5.66. The topological polar surface area (TPSA) is 56.8 Å². The lowest BCUT2D eigenvalue weighted by Crippen LogP contribution is -2.28. The van der Waals surface area contributed by atoms with Crippen LogP contribution in [0.2, 0.25) is 0 Å². The van der Waals surface area contributed by atoms with Crippen LogP contribution in [0.3, 0.4) is 0 Å². The average Bonchev–Trinajstić information content (AvgIpc) is 3.43. The van der Waals surface area contributed by atoms with Crippen molar-refractivity contribution >= 4 is 21.5 Å². The maximum Gasteiger partial charge on any atom is 0.244 e. The smallest absolute Gasteiger partial charge is 0.244 e. The van der Waals surface area contributed by atoms with Gasteiger partial charge in [-0.15, -0.1) is 0 Å². The van der Waals surface area contributed by atoms with E-state index in [2.05, 4.69) is 39.0 Å². The molecule has 0 atom stereocenters. The van der Waals surface area contributed by atoms with E-state index in [-0.39, 0.29) is 4.90 Å². The van der Waals surface area contributed by atoms with Gasteiger partial charge in [0.1, 0.15) is 10.7 Å². The maximum absolute atomic E-state index is 12.7. The number of anilines is 2. The summed E-state index contributed by atoms with van der Waals surface area (Å²) in [5.41, 5.74) is 2.56. The predicted molar refractivity (Wildman–Crippen MR) is 112 cm³/mol. The minimum Gasteiger partial charge on any atom is -0.371 e. The quantitative estimate of drug-likeness (QED) is 0.746. The van der Waals surface area contributed by atoms with Crippen LogP contribution >= 0.6 is 0 Å². The Morgan fingerprint density at radius 2 is 1.64 bits per heavy atom. The van der Waals surface area contributed by atoms with Crippen LogP contribution in [0.15, 0.2) is 47.5 Å². The van der Waals surface area contributed by atoms with Crippen molar-refractivity contribution in [1.82, 2.24) is 9.29 Å². The molecule has 0 spiro atoms. The van der Waals surface area contributed by atoms with E-state index in [0.717, 1.165) is 38.3 Å². The fraction of sp³-hybridized carbons (Fsp3) is 0.476. The number of benzene rings is 1. The van der Waals surface area contributed by atoms with Crippen LogP contribution < -0.4 is 9.80 Å². The van der Waals surface area contributed by atoms with Crippen LogP contribution in [0.4, 0.5) is 11.5 Å². The number of hydrogen-bond donors (Lipinski definition) is 0. The Bertz CT molecular complexity index is 902. The lowest BCUT2D eigenvalue weighted by atomic mass is 10.1. The van der Waals surface area contributed by atoms with Crippen molar-refractivity contribution in [1.29, 1.82) is 0 Å². The zero-order valence-corrected chi connectivity index (χ0v) is 17.2. The Morgan fingerprint density at radius 1 is 0.964 bits per heavy atom. The largest absolute Gasteiger partial charge is 0.371 e. The molecule has 4 rings (SSSR count). The second-order valence-electron chi connectivity index (χ2n) is 7.64. The first kappa shape index (κ1) is 19.2. The van der Waals surface area contributed by atoms with Crippen molar-refractivity contribution in [2.45, 2.75) is 37.1 Å². The SMILES string of the molecule is CN(Cc1ccccc1N1CCCC1)c1ccc(S(=O)(=O)N2CCCC2)cn1. The summed E-state index contributed by atoms with van der Waals surface area (Å²) in [7, 11) is -1.41. The van der Waals surface area contributed by atoms with E-state index < -0.39 is 10.0 Å². The van der Waals surface area contributed by atoms with Gasteiger partial charge >= 0.3 is 0 Å². The Morgan fingerprint density at radius 3 is 2.32 bits per heavy atom. The van der Waals surface area contributed by atoms with E-state index in [0.29, 0.717) is 13.1 Å². The molecular weight excluding hydrogens is 372 g/mol. The van der Waals surface area contributed by atoms with Crippen LogP contribution in [0.1, 0.15) is 31.2 Å². The van der Waals surface area contributed by atoms with E-state index in [4.69, 9.17) is 0 Å². The number of pyridine rings is 1. The highest BCUT2D eigenvalue weighted by Crippen LogP contribution is 2.27. The second-order valence-corrected chi connectivity index (χ2v) is 9.58. The van der Waals surface area contributed by atoms with Crippen LogP contribution in [0.25, 0.3) is 0 Å². The second kappa shape index (κ2) is 8.09. The molecule has 2 fully saturated rings. The van der Waals surface area contributed by atoms with Gasteiger partial charge in [-0.2, -0.15) is 4.31 Å². The first-order valence-electron chi connectivity index (χ1n) is 10.1. The maximum atomic E-state index is 12.7. The predicted octanol–water partition coefficient (Wildman–Crippen LogP) is 3.10. The Balaban J connectivity index is 1.49. The van der Waals surface area contributed by atoms with Gasteiger partial charge in [0, 0.05) is 51.7 Å². The molecule has 2 saturated heterocycles. The highest BCUT2D eigenvalue weighted by atomic mass is 32.2. The molecule has 1 aromatic carbocycles. The van der Waals surface area contributed by atoms with E-state index in [9.17, 15) is 8.42 Å². The molecular formula is C21H28N4O2S. The molecule has 150 valence electrons. The number of nitrogens with zero attached hydrogens (tertiary/aromatic N) is 4. The molecule has 0 radical (unpaired) electrons. The van der Waals surface area contributed by atoms with Gasteiger partial charge in [0.15, 0.2) is 0 Å². The van der Waals surface area contributed by atoms with Gasteiger partial charge in [-0.3, -0.25) is 0 Å². The van der Waals surface area contributed by atoms with Crippen LogP contribution in [0, 0.1) is 0 Å². The van der Waals surface area contributed by atoms with Crippen molar-refractivity contribution in [3.8, 4) is 0 Å². The van der Waals surface area contributed by atoms with Crippen molar-refractivity contribution in [3.05, 3.63) is 48.2 Å². The zero-order valence-electron chi connectivity index (χ0n) is 16.4. The minimum absolute atomic E-state index is 0.281. The zero-order chi connectivity index (χ0) is 19.6. The van der Waals surface area contributed by atoms with Gasteiger partial charge in [-0.05, 0) is 49.4 Å². The molecule has 0 saturated carbocycles. The van der Waals surface area contributed by atoms with Gasteiger partial charge < -0.3 is 9.80 Å². The third-order valence-corrected chi connectivity index (χ3v) is 7.54. The minimum atomic E-state index is -3.41. The third kappa shape index (κ3) is 3.86. The molecule has 0 bridgehead atoms. The van der Waals surface area contributed by atoms with Crippen molar-refractivity contribution in [2.75, 3.05) is 43.0 Å². The van der Waals surface area contributed by atoms with Crippen LogP contribution in [-0.4, -0.2) is 50.9 Å². The van der Waals surface area contributed by atoms with E-state index >= 15 is 0 Å². The molecule has 0 aliphatic carbocycles. The molecule has 0 unspecified atom stereocenters. The number of sulfonamides is 1. The van der Waals surface area contributed by atoms with Crippen molar-refractivity contribution < 1.29 is 8.42 Å². The molecule has 3 heterocycles. The normalized spacial score (nSPS) is 18.0. The highest BCUT2D eigenvalue weighted by molar-refractivity contribution is 7.89. The molecule has 2 aromatic rings. The van der Waals surface area contributed by atoms with Crippen LogP contribution in [-0.2, 0) is 16.6 Å². The first-order valence-corrected chi connectivity index (χ1v) is 11.5. The summed E-state index contributed by atoms with van der Waals surface area (Å²) in [6.45, 7) is 4.18. The van der Waals surface area contributed by atoms with E-state index in [1.807, 2.05) is 7.05 Å². The lowest BCUT2D eigenvalue weighted by Gasteiger charge is -2.25. The summed E-state index contributed by atoms with van der Waals surface area (Å²) in [6.07, 6.45) is 5.86. The summed E-state index contributed by atoms with van der Waals surface area (Å²) in [6, 6.07) is 12.0. The van der Waals surface area contributed by atoms with E-state index in [1.165, 1.54) is 30.3 Å². The average molecular weight is 401 g/mol. The number of aromatic nitrogens is 1. The van der Waals surface area contributed by atoms with Crippen LogP contribution in [0.5, 0.6) is 0 Å². The Kier molecular flexibility index (Phi) is 5.55. The number of rotatable bonds is 6. The summed E-state index contributed by atoms with van der Waals surface area (Å²) < 4.78 is 26.9. The molecule has 0 amide bonds. The lowest BCUT2D eigenvalue weighted by molar-refractivity contribution is 0.477. The van der Waals surface area contributed by atoms with E-state index in [1.54, 1.807) is 16.4 Å². The fourth-order valence-electron chi connectivity index (χ4n) is 4.08. The van der Waals surface area contributed by atoms with Gasteiger partial charge in [0.05, 0.1) is 0 Å². The molecule has 6 nitrogen and oxygen atoms in total. The molecule has 2 aliphatic heterocycles. The summed E-state index contributed by atoms with van der Waals surface area (Å²) in [5.74, 6) is 0.775. The highest BCUT2D eigenvalue weighted by Gasteiger charge is 2.27.